The number of rotatable bonds is 5. The second kappa shape index (κ2) is 12.1. The van der Waals surface area contributed by atoms with Crippen molar-refractivity contribution in [2.24, 2.45) is 0 Å². The van der Waals surface area contributed by atoms with Crippen LogP contribution < -0.4 is 15.1 Å². The maximum atomic E-state index is 12.6. The van der Waals surface area contributed by atoms with Crippen LogP contribution in [0.5, 0.6) is 0 Å². The van der Waals surface area contributed by atoms with Crippen molar-refractivity contribution in [3.63, 3.8) is 0 Å². The van der Waals surface area contributed by atoms with Crippen LogP contribution in [0, 0.1) is 0 Å². The third-order valence-corrected chi connectivity index (χ3v) is 10.4. The van der Waals surface area contributed by atoms with Crippen LogP contribution in [0.2, 0.25) is 5.02 Å². The molecule has 6 aromatic rings. The fraction of sp³-hybridized carbons (Fsp3) is 0. The summed E-state index contributed by atoms with van der Waals surface area (Å²) < 4.78 is 0. The molecular weight excluding hydrogens is 626 g/mol. The fourth-order valence-electron chi connectivity index (χ4n) is 5.78. The average Bonchev–Trinajstić information content (AvgIpc) is 3.09. The molecule has 2 aliphatic rings. The Morgan fingerprint density at radius 3 is 1.59 bits per heavy atom. The number of amides is 1. The monoisotopic (exact) mass is 651 g/mol. The first kappa shape index (κ1) is 28.6. The van der Waals surface area contributed by atoms with Crippen LogP contribution in [0.3, 0.4) is 0 Å². The summed E-state index contributed by atoms with van der Waals surface area (Å²) in [4.78, 5) is 22.0. The van der Waals surface area contributed by atoms with E-state index in [0.717, 1.165) is 33.2 Å². The largest absolute Gasteiger partial charge is 0.323 e. The molecule has 0 fully saturated rings. The highest BCUT2D eigenvalue weighted by molar-refractivity contribution is 8.00. The zero-order valence-corrected chi connectivity index (χ0v) is 26.8. The molecule has 7 heteroatoms. The van der Waals surface area contributed by atoms with Gasteiger partial charge in [-0.25, -0.2) is 0 Å². The van der Waals surface area contributed by atoms with Crippen molar-refractivity contribution < 1.29 is 4.79 Å². The van der Waals surface area contributed by atoms with Gasteiger partial charge in [-0.2, -0.15) is 0 Å². The third kappa shape index (κ3) is 5.45. The van der Waals surface area contributed by atoms with E-state index in [1.54, 1.807) is 42.1 Å². The minimum Gasteiger partial charge on any atom is -0.323 e. The molecule has 0 radical (unpaired) electrons. The van der Waals surface area contributed by atoms with E-state index in [2.05, 4.69) is 130 Å². The fourth-order valence-corrected chi connectivity index (χ4v) is 8.07. The molecule has 0 aliphatic carbocycles. The minimum absolute atomic E-state index is 0.197. The quantitative estimate of drug-likeness (QED) is 0.187. The molecule has 6 aromatic carbocycles. The molecule has 0 aromatic heterocycles. The number of para-hydroxylation sites is 3. The molecule has 1 amide bonds. The van der Waals surface area contributed by atoms with Gasteiger partial charge in [-0.15, -0.1) is 0 Å². The second-order valence-corrected chi connectivity index (χ2v) is 13.5. The van der Waals surface area contributed by atoms with Gasteiger partial charge in [-0.3, -0.25) is 4.79 Å². The van der Waals surface area contributed by atoms with E-state index < -0.39 is 0 Å². The lowest BCUT2D eigenvalue weighted by Gasteiger charge is -2.35. The molecule has 8 rings (SSSR count). The second-order valence-electron chi connectivity index (χ2n) is 10.9. The zero-order valence-electron chi connectivity index (χ0n) is 24.4. The number of fused-ring (bicyclic) bond motifs is 4. The highest BCUT2D eigenvalue weighted by atomic mass is 35.5. The Morgan fingerprint density at radius 1 is 0.565 bits per heavy atom. The Kier molecular flexibility index (Phi) is 7.54. The molecule has 0 unspecified atom stereocenters. The predicted octanol–water partition coefficient (Wildman–Crippen LogP) is 11.9. The van der Waals surface area contributed by atoms with Crippen molar-refractivity contribution in [1.29, 1.82) is 0 Å². The molecule has 1 N–H and O–H groups in total. The van der Waals surface area contributed by atoms with Gasteiger partial charge in [0.25, 0.3) is 0 Å². The summed E-state index contributed by atoms with van der Waals surface area (Å²) in [6, 6.07) is 47.9. The highest BCUT2D eigenvalue weighted by Gasteiger charge is 2.27. The minimum atomic E-state index is -0.197. The third-order valence-electron chi connectivity index (χ3n) is 7.89. The first-order chi connectivity index (χ1) is 22.6. The molecule has 4 nitrogen and oxygen atoms in total. The van der Waals surface area contributed by atoms with E-state index in [9.17, 15) is 4.79 Å². The van der Waals surface area contributed by atoms with Gasteiger partial charge in [0.1, 0.15) is 0 Å². The topological polar surface area (TPSA) is 35.6 Å². The molecule has 222 valence electrons. The van der Waals surface area contributed by atoms with Gasteiger partial charge in [-0.1, -0.05) is 77.6 Å². The van der Waals surface area contributed by atoms with Gasteiger partial charge in [0.2, 0.25) is 5.91 Å². The molecule has 0 saturated heterocycles. The van der Waals surface area contributed by atoms with Crippen LogP contribution >= 0.6 is 35.1 Å². The average molecular weight is 652 g/mol. The smallest absolute Gasteiger partial charge is 0.248 e. The summed E-state index contributed by atoms with van der Waals surface area (Å²) in [6.45, 7) is 0. The lowest BCUT2D eigenvalue weighted by Crippen LogP contribution is -2.16. The van der Waals surface area contributed by atoms with Gasteiger partial charge in [0.05, 0.1) is 22.7 Å². The Labute approximate surface area is 281 Å². The van der Waals surface area contributed by atoms with Gasteiger partial charge >= 0.3 is 0 Å². The van der Waals surface area contributed by atoms with Gasteiger partial charge in [0.15, 0.2) is 0 Å². The number of hydrogen-bond acceptors (Lipinski definition) is 5. The number of halogens is 1. The molecule has 0 bridgehead atoms. The van der Waals surface area contributed by atoms with E-state index in [1.165, 1.54) is 26.1 Å². The Morgan fingerprint density at radius 2 is 1.04 bits per heavy atom. The van der Waals surface area contributed by atoms with Crippen LogP contribution in [0.1, 0.15) is 5.56 Å². The standard InChI is InChI=1S/C39H26ClN3OS2/c40-27-15-17-28(18-16-27)41-39(44)24-14-26-13-23-34-38(25-26)46-37-12-6-3-9-33(37)43(34)30-21-19-29(20-22-30)42-31-7-1-4-10-35(31)45-36-11-5-2-8-32(36)42/h1-25H,(H,41,44)/b24-14+. The van der Waals surface area contributed by atoms with Gasteiger partial charge in [-0.05, 0) is 109 Å². The number of hydrogen-bond donors (Lipinski definition) is 1. The first-order valence-electron chi connectivity index (χ1n) is 14.8. The molecule has 2 aliphatic heterocycles. The lowest BCUT2D eigenvalue weighted by molar-refractivity contribution is -0.111. The van der Waals surface area contributed by atoms with E-state index in [-0.39, 0.29) is 5.91 Å². The molecule has 0 spiro atoms. The molecule has 46 heavy (non-hydrogen) atoms. The normalized spacial score (nSPS) is 13.1. The highest BCUT2D eigenvalue weighted by Crippen LogP contribution is 2.53. The number of nitrogens with one attached hydrogen (secondary N) is 1. The zero-order chi connectivity index (χ0) is 31.0. The van der Waals surface area contributed by atoms with E-state index in [4.69, 9.17) is 11.6 Å². The Hall–Kier alpha value is -4.88. The van der Waals surface area contributed by atoms with E-state index >= 15 is 0 Å². The SMILES string of the molecule is O=C(/C=C/c1ccc2c(c1)Sc1ccccc1N2c1ccc(N2c3ccccc3Sc3ccccc32)cc1)Nc1ccc(Cl)cc1. The van der Waals surface area contributed by atoms with Crippen LogP contribution in [-0.2, 0) is 4.79 Å². The lowest BCUT2D eigenvalue weighted by atomic mass is 10.1. The van der Waals surface area contributed by atoms with Gasteiger partial charge in [0, 0.05) is 47.7 Å². The molecular formula is C39H26ClN3OS2. The Bertz CT molecular complexity index is 2080. The summed E-state index contributed by atoms with van der Waals surface area (Å²) >= 11 is 9.53. The molecule has 0 saturated carbocycles. The van der Waals surface area contributed by atoms with Crippen molar-refractivity contribution >= 4 is 86.9 Å². The van der Waals surface area contributed by atoms with Crippen molar-refractivity contribution in [3.05, 3.63) is 156 Å². The summed E-state index contributed by atoms with van der Waals surface area (Å²) in [5.41, 5.74) is 8.46. The maximum absolute atomic E-state index is 12.6. The predicted molar refractivity (Wildman–Crippen MR) is 193 cm³/mol. The van der Waals surface area contributed by atoms with Crippen molar-refractivity contribution in [2.45, 2.75) is 19.6 Å². The molecule has 2 heterocycles. The van der Waals surface area contributed by atoms with Crippen LogP contribution in [0.15, 0.2) is 165 Å². The number of carbonyl (C=O) groups excluding carboxylic acids is 1. The maximum Gasteiger partial charge on any atom is 0.248 e. The van der Waals surface area contributed by atoms with Crippen molar-refractivity contribution in [2.75, 3.05) is 15.1 Å². The summed E-state index contributed by atoms with van der Waals surface area (Å²) in [5, 5.41) is 3.51. The van der Waals surface area contributed by atoms with E-state index in [0.29, 0.717) is 10.7 Å². The first-order valence-corrected chi connectivity index (χ1v) is 16.8. The van der Waals surface area contributed by atoms with Crippen LogP contribution in [-0.4, -0.2) is 5.91 Å². The number of benzene rings is 6. The Balaban J connectivity index is 1.11. The number of anilines is 7. The summed E-state index contributed by atoms with van der Waals surface area (Å²) in [5.74, 6) is -0.197. The van der Waals surface area contributed by atoms with Crippen LogP contribution in [0.4, 0.5) is 39.8 Å². The van der Waals surface area contributed by atoms with Crippen molar-refractivity contribution in [3.8, 4) is 0 Å². The van der Waals surface area contributed by atoms with Crippen molar-refractivity contribution in [1.82, 2.24) is 0 Å². The number of nitrogens with zero attached hydrogens (tertiary/aromatic N) is 2. The molecule has 0 atom stereocenters. The van der Waals surface area contributed by atoms with Crippen LogP contribution in [0.25, 0.3) is 6.08 Å². The van der Waals surface area contributed by atoms with Gasteiger partial charge < -0.3 is 15.1 Å². The number of carbonyl (C=O) groups is 1. The summed E-state index contributed by atoms with van der Waals surface area (Å²) in [6.07, 6.45) is 3.40. The van der Waals surface area contributed by atoms with E-state index in [1.807, 2.05) is 17.8 Å². The summed E-state index contributed by atoms with van der Waals surface area (Å²) in [7, 11) is 0.